The quantitative estimate of drug-likeness (QED) is 0.355. The summed E-state index contributed by atoms with van der Waals surface area (Å²) in [5, 5.41) is 33.9. The Morgan fingerprint density at radius 1 is 1.19 bits per heavy atom. The van der Waals surface area contributed by atoms with Gasteiger partial charge >= 0.3 is 0 Å². The SMILES string of the molecule is N#C/C(=C\c1cc(I)cc(I)c1O)c1nn(-c2ccccc2)c(N)c1C#N. The number of nitriles is 2. The molecule has 0 saturated carbocycles. The summed E-state index contributed by atoms with van der Waals surface area (Å²) in [4.78, 5) is 0. The van der Waals surface area contributed by atoms with Gasteiger partial charge in [-0.05, 0) is 75.5 Å². The molecule has 3 rings (SSSR count). The van der Waals surface area contributed by atoms with E-state index in [-0.39, 0.29) is 28.4 Å². The monoisotopic (exact) mass is 579 g/mol. The Morgan fingerprint density at radius 3 is 2.52 bits per heavy atom. The zero-order valence-electron chi connectivity index (χ0n) is 13.7. The number of allylic oxidation sites excluding steroid dienone is 1. The van der Waals surface area contributed by atoms with Crippen molar-refractivity contribution in [3.8, 4) is 23.6 Å². The van der Waals surface area contributed by atoms with E-state index in [4.69, 9.17) is 5.73 Å². The average Bonchev–Trinajstić information content (AvgIpc) is 3.00. The minimum atomic E-state index is 0.0673. The van der Waals surface area contributed by atoms with Gasteiger partial charge in [-0.3, -0.25) is 0 Å². The lowest BCUT2D eigenvalue weighted by Gasteiger charge is -2.04. The fraction of sp³-hybridized carbons (Fsp3) is 0. The van der Waals surface area contributed by atoms with Crippen molar-refractivity contribution in [3.63, 3.8) is 0 Å². The van der Waals surface area contributed by atoms with E-state index in [1.54, 1.807) is 18.2 Å². The molecule has 3 aromatic rings. The molecule has 0 bridgehead atoms. The molecule has 27 heavy (non-hydrogen) atoms. The molecule has 132 valence electrons. The molecule has 0 aliphatic carbocycles. The summed E-state index contributed by atoms with van der Waals surface area (Å²) in [6, 6.07) is 16.8. The van der Waals surface area contributed by atoms with E-state index in [1.165, 1.54) is 10.8 Å². The number of anilines is 1. The van der Waals surface area contributed by atoms with Gasteiger partial charge in [0.15, 0.2) is 0 Å². The number of phenols is 1. The molecule has 6 nitrogen and oxygen atoms in total. The van der Waals surface area contributed by atoms with Crippen molar-refractivity contribution < 1.29 is 5.11 Å². The van der Waals surface area contributed by atoms with Crippen LogP contribution in [0.3, 0.4) is 0 Å². The van der Waals surface area contributed by atoms with Crippen molar-refractivity contribution in [1.82, 2.24) is 9.78 Å². The number of phenolic OH excluding ortho intramolecular Hbond substituents is 1. The van der Waals surface area contributed by atoms with E-state index >= 15 is 0 Å². The Morgan fingerprint density at radius 2 is 1.89 bits per heavy atom. The summed E-state index contributed by atoms with van der Waals surface area (Å²) in [5.74, 6) is 0.221. The van der Waals surface area contributed by atoms with Gasteiger partial charge in [0.2, 0.25) is 0 Å². The lowest BCUT2D eigenvalue weighted by atomic mass is 10.1. The fourth-order valence-electron chi connectivity index (χ4n) is 2.50. The number of aromatic hydroxyl groups is 1. The molecule has 0 aliphatic rings. The van der Waals surface area contributed by atoms with Crippen LogP contribution in [0.5, 0.6) is 5.75 Å². The predicted molar refractivity (Wildman–Crippen MR) is 120 cm³/mol. The summed E-state index contributed by atoms with van der Waals surface area (Å²) in [6.45, 7) is 0. The number of halogens is 2. The molecule has 1 aromatic heterocycles. The van der Waals surface area contributed by atoms with Gasteiger partial charge in [-0.15, -0.1) is 0 Å². The van der Waals surface area contributed by atoms with E-state index < -0.39 is 0 Å². The Bertz CT molecular complexity index is 1140. The number of aromatic nitrogens is 2. The molecule has 3 N–H and O–H groups in total. The third kappa shape index (κ3) is 3.77. The van der Waals surface area contributed by atoms with Gasteiger partial charge in [0.1, 0.15) is 35.0 Å². The topological polar surface area (TPSA) is 112 Å². The third-order valence-corrected chi connectivity index (χ3v) is 5.21. The van der Waals surface area contributed by atoms with Gasteiger partial charge in [0, 0.05) is 9.13 Å². The Balaban J connectivity index is 2.21. The summed E-state index contributed by atoms with van der Waals surface area (Å²) in [7, 11) is 0. The molecule has 0 aliphatic heterocycles. The van der Waals surface area contributed by atoms with Crippen LogP contribution in [0.2, 0.25) is 0 Å². The smallest absolute Gasteiger partial charge is 0.145 e. The van der Waals surface area contributed by atoms with Gasteiger partial charge in [0.05, 0.1) is 14.8 Å². The average molecular weight is 579 g/mol. The van der Waals surface area contributed by atoms with Gasteiger partial charge in [-0.1, -0.05) is 18.2 Å². The Hall–Kier alpha value is -2.57. The van der Waals surface area contributed by atoms with E-state index in [1.807, 2.05) is 52.9 Å². The molecule has 0 atom stereocenters. The maximum absolute atomic E-state index is 10.3. The normalized spacial score (nSPS) is 11.0. The number of hydrogen-bond donors (Lipinski definition) is 2. The first kappa shape index (κ1) is 19.2. The zero-order valence-corrected chi connectivity index (χ0v) is 18.0. The highest BCUT2D eigenvalue weighted by molar-refractivity contribution is 14.1. The Kier molecular flexibility index (Phi) is 5.68. The second-order valence-electron chi connectivity index (χ2n) is 5.46. The van der Waals surface area contributed by atoms with Crippen LogP contribution in [0.25, 0.3) is 17.3 Å². The summed E-state index contributed by atoms with van der Waals surface area (Å²) in [5.41, 5.74) is 7.69. The van der Waals surface area contributed by atoms with Crippen molar-refractivity contribution in [2.45, 2.75) is 0 Å². The molecule has 2 aromatic carbocycles. The number of rotatable bonds is 3. The van der Waals surface area contributed by atoms with Gasteiger partial charge in [-0.25, -0.2) is 4.68 Å². The lowest BCUT2D eigenvalue weighted by Crippen LogP contribution is -2.02. The van der Waals surface area contributed by atoms with Crippen LogP contribution >= 0.6 is 45.2 Å². The number of nitrogen functional groups attached to an aromatic ring is 1. The summed E-state index contributed by atoms with van der Waals surface area (Å²) in [6.07, 6.45) is 1.51. The van der Waals surface area contributed by atoms with Crippen LogP contribution < -0.4 is 5.73 Å². The second-order valence-corrected chi connectivity index (χ2v) is 7.87. The molecule has 0 radical (unpaired) electrons. The number of nitrogens with two attached hydrogens (primary N) is 1. The predicted octanol–water partition coefficient (Wildman–Crippen LogP) is 4.31. The number of para-hydroxylation sites is 1. The molecule has 0 spiro atoms. The van der Waals surface area contributed by atoms with Crippen LogP contribution in [0.1, 0.15) is 16.8 Å². The van der Waals surface area contributed by atoms with E-state index in [9.17, 15) is 15.6 Å². The highest BCUT2D eigenvalue weighted by Crippen LogP contribution is 2.32. The number of hydrogen-bond acceptors (Lipinski definition) is 5. The highest BCUT2D eigenvalue weighted by atomic mass is 127. The van der Waals surface area contributed by atoms with E-state index in [2.05, 4.69) is 33.8 Å². The molecular formula is C19H11I2N5O. The van der Waals surface area contributed by atoms with Crippen LogP contribution in [0.15, 0.2) is 42.5 Å². The molecular weight excluding hydrogens is 568 g/mol. The molecule has 1 heterocycles. The Labute approximate surface area is 182 Å². The second kappa shape index (κ2) is 7.98. The zero-order chi connectivity index (χ0) is 19.6. The summed E-state index contributed by atoms with van der Waals surface area (Å²) < 4.78 is 3.00. The highest BCUT2D eigenvalue weighted by Gasteiger charge is 2.20. The summed E-state index contributed by atoms with van der Waals surface area (Å²) >= 11 is 4.15. The minimum absolute atomic E-state index is 0.0673. The van der Waals surface area contributed by atoms with Crippen molar-refractivity contribution in [3.05, 3.63) is 66.4 Å². The van der Waals surface area contributed by atoms with Crippen molar-refractivity contribution in [2.24, 2.45) is 0 Å². The molecule has 0 unspecified atom stereocenters. The maximum Gasteiger partial charge on any atom is 0.145 e. The van der Waals surface area contributed by atoms with E-state index in [0.717, 1.165) is 3.57 Å². The fourth-order valence-corrected chi connectivity index (χ4v) is 4.39. The van der Waals surface area contributed by atoms with Crippen LogP contribution in [0.4, 0.5) is 5.82 Å². The van der Waals surface area contributed by atoms with Crippen LogP contribution in [-0.2, 0) is 0 Å². The van der Waals surface area contributed by atoms with Gasteiger partial charge in [0.25, 0.3) is 0 Å². The minimum Gasteiger partial charge on any atom is -0.506 e. The molecule has 0 amide bonds. The first-order valence-corrected chi connectivity index (χ1v) is 9.76. The van der Waals surface area contributed by atoms with E-state index in [0.29, 0.717) is 14.8 Å². The van der Waals surface area contributed by atoms with Crippen molar-refractivity contribution >= 4 is 62.6 Å². The van der Waals surface area contributed by atoms with Crippen molar-refractivity contribution in [1.29, 1.82) is 10.5 Å². The third-order valence-electron chi connectivity index (χ3n) is 3.77. The number of benzene rings is 2. The number of nitrogens with zero attached hydrogens (tertiary/aromatic N) is 4. The molecule has 8 heteroatoms. The largest absolute Gasteiger partial charge is 0.506 e. The van der Waals surface area contributed by atoms with Gasteiger partial charge in [-0.2, -0.15) is 15.6 Å². The first-order chi connectivity index (χ1) is 13.0. The molecule has 0 saturated heterocycles. The lowest BCUT2D eigenvalue weighted by molar-refractivity contribution is 0.470. The maximum atomic E-state index is 10.3. The first-order valence-electron chi connectivity index (χ1n) is 7.60. The standard InChI is InChI=1S/C19H11I2N5O/c20-13-7-11(18(27)16(21)8-13)6-12(9-22)17-15(10-23)19(24)26(25-17)14-4-2-1-3-5-14/h1-8,27H,24H2/b12-6+. The molecule has 0 fully saturated rings. The van der Waals surface area contributed by atoms with Gasteiger partial charge < -0.3 is 10.8 Å². The van der Waals surface area contributed by atoms with Crippen LogP contribution in [-0.4, -0.2) is 14.9 Å². The van der Waals surface area contributed by atoms with Crippen molar-refractivity contribution in [2.75, 3.05) is 5.73 Å². The van der Waals surface area contributed by atoms with Crippen LogP contribution in [0, 0.1) is 29.8 Å².